The minimum Gasteiger partial charge on any atom is -0.508 e. The maximum atomic E-state index is 11.8. The van der Waals surface area contributed by atoms with Crippen LogP contribution in [0.15, 0.2) is 48.5 Å². The third-order valence-corrected chi connectivity index (χ3v) is 3.10. The van der Waals surface area contributed by atoms with Gasteiger partial charge in [-0.3, -0.25) is 4.79 Å². The van der Waals surface area contributed by atoms with Crippen LogP contribution in [0.25, 0.3) is 0 Å². The van der Waals surface area contributed by atoms with E-state index in [1.807, 2.05) is 31.1 Å². The van der Waals surface area contributed by atoms with Gasteiger partial charge in [0.1, 0.15) is 5.75 Å². The number of phenolic OH excluding ortho intramolecular Hbond substituents is 1. The topological polar surface area (TPSA) is 78.9 Å². The molecule has 0 atom stereocenters. The lowest BCUT2D eigenvalue weighted by Crippen LogP contribution is -2.21. The Labute approximate surface area is 134 Å². The lowest BCUT2D eigenvalue weighted by Gasteiger charge is -2.13. The van der Waals surface area contributed by atoms with Crippen molar-refractivity contribution in [1.29, 1.82) is 0 Å². The first-order valence-electron chi connectivity index (χ1n) is 6.99. The van der Waals surface area contributed by atoms with Crippen molar-refractivity contribution in [2.75, 3.05) is 30.9 Å². The number of aromatic hydroxyl groups is 1. The van der Waals surface area contributed by atoms with E-state index < -0.39 is 11.9 Å². The molecule has 23 heavy (non-hydrogen) atoms. The van der Waals surface area contributed by atoms with Crippen LogP contribution in [-0.2, 0) is 9.53 Å². The van der Waals surface area contributed by atoms with Gasteiger partial charge in [0.05, 0.1) is 5.56 Å². The van der Waals surface area contributed by atoms with Gasteiger partial charge in [0.25, 0.3) is 5.91 Å². The number of carbonyl (C=O) groups is 2. The van der Waals surface area contributed by atoms with Gasteiger partial charge < -0.3 is 20.1 Å². The van der Waals surface area contributed by atoms with Crippen molar-refractivity contribution in [3.05, 3.63) is 54.1 Å². The maximum absolute atomic E-state index is 11.8. The molecule has 0 fully saturated rings. The molecule has 2 rings (SSSR count). The molecule has 0 unspecified atom stereocenters. The molecule has 0 bridgehead atoms. The molecule has 6 heteroatoms. The summed E-state index contributed by atoms with van der Waals surface area (Å²) in [5.41, 5.74) is 1.91. The Bertz CT molecular complexity index is 679. The molecule has 0 saturated carbocycles. The Morgan fingerprint density at radius 1 is 1.04 bits per heavy atom. The summed E-state index contributed by atoms with van der Waals surface area (Å²) in [4.78, 5) is 25.5. The van der Waals surface area contributed by atoms with Gasteiger partial charge >= 0.3 is 5.97 Å². The highest BCUT2D eigenvalue weighted by atomic mass is 16.5. The second-order valence-electron chi connectivity index (χ2n) is 5.11. The molecular formula is C17H18N2O4. The highest BCUT2D eigenvalue weighted by Gasteiger charge is 2.10. The number of hydrogen-bond donors (Lipinski definition) is 2. The van der Waals surface area contributed by atoms with Gasteiger partial charge in [-0.05, 0) is 48.5 Å². The van der Waals surface area contributed by atoms with E-state index in [-0.39, 0.29) is 17.9 Å². The van der Waals surface area contributed by atoms with Crippen LogP contribution >= 0.6 is 0 Å². The number of nitrogens with zero attached hydrogens (tertiary/aromatic N) is 1. The summed E-state index contributed by atoms with van der Waals surface area (Å²) in [5.74, 6) is -0.988. The number of nitrogens with one attached hydrogen (secondary N) is 1. The lowest BCUT2D eigenvalue weighted by atomic mass is 10.2. The third-order valence-electron chi connectivity index (χ3n) is 3.10. The Hall–Kier alpha value is -3.02. The Morgan fingerprint density at radius 2 is 1.65 bits per heavy atom. The smallest absolute Gasteiger partial charge is 0.338 e. The van der Waals surface area contributed by atoms with Crippen molar-refractivity contribution >= 4 is 23.3 Å². The van der Waals surface area contributed by atoms with Crippen LogP contribution in [0.4, 0.5) is 11.4 Å². The van der Waals surface area contributed by atoms with Crippen molar-refractivity contribution in [2.24, 2.45) is 0 Å². The quantitative estimate of drug-likeness (QED) is 0.828. The summed E-state index contributed by atoms with van der Waals surface area (Å²) in [6, 6.07) is 12.9. The first-order valence-corrected chi connectivity index (χ1v) is 6.99. The molecule has 2 aromatic rings. The fourth-order valence-corrected chi connectivity index (χ4v) is 1.85. The van der Waals surface area contributed by atoms with Crippen LogP contribution in [0.3, 0.4) is 0 Å². The zero-order valence-corrected chi connectivity index (χ0v) is 12.9. The van der Waals surface area contributed by atoms with E-state index in [1.54, 1.807) is 12.1 Å². The number of hydrogen-bond acceptors (Lipinski definition) is 5. The van der Waals surface area contributed by atoms with Crippen molar-refractivity contribution in [3.8, 4) is 5.75 Å². The van der Waals surface area contributed by atoms with E-state index in [2.05, 4.69) is 5.32 Å². The monoisotopic (exact) mass is 314 g/mol. The van der Waals surface area contributed by atoms with E-state index in [1.165, 1.54) is 24.3 Å². The second-order valence-corrected chi connectivity index (χ2v) is 5.11. The molecule has 0 aliphatic heterocycles. The van der Waals surface area contributed by atoms with E-state index >= 15 is 0 Å². The van der Waals surface area contributed by atoms with Crippen LogP contribution < -0.4 is 10.2 Å². The van der Waals surface area contributed by atoms with Crippen LogP contribution in [0.2, 0.25) is 0 Å². The molecule has 0 saturated heterocycles. The van der Waals surface area contributed by atoms with E-state index in [0.29, 0.717) is 5.69 Å². The standard InChI is InChI=1S/C17H18N2O4/c1-19(2)14-7-5-13(6-8-14)18-16(21)11-23-17(22)12-3-9-15(20)10-4-12/h3-10,20H,11H2,1-2H3,(H,18,21). The van der Waals surface area contributed by atoms with Crippen molar-refractivity contribution in [2.45, 2.75) is 0 Å². The molecule has 0 aromatic heterocycles. The highest BCUT2D eigenvalue weighted by molar-refractivity contribution is 5.95. The van der Waals surface area contributed by atoms with E-state index in [4.69, 9.17) is 9.84 Å². The average Bonchev–Trinajstić information content (AvgIpc) is 2.54. The van der Waals surface area contributed by atoms with Gasteiger partial charge in [0, 0.05) is 25.5 Å². The highest BCUT2D eigenvalue weighted by Crippen LogP contribution is 2.15. The average molecular weight is 314 g/mol. The van der Waals surface area contributed by atoms with Gasteiger partial charge in [-0.15, -0.1) is 0 Å². The second kappa shape index (κ2) is 7.31. The van der Waals surface area contributed by atoms with Gasteiger partial charge in [0.2, 0.25) is 0 Å². The minimum atomic E-state index is -0.622. The number of esters is 1. The number of rotatable bonds is 5. The van der Waals surface area contributed by atoms with Crippen molar-refractivity contribution < 1.29 is 19.4 Å². The van der Waals surface area contributed by atoms with E-state index in [9.17, 15) is 9.59 Å². The number of carbonyl (C=O) groups excluding carboxylic acids is 2. The fourth-order valence-electron chi connectivity index (χ4n) is 1.85. The molecule has 2 N–H and O–H groups in total. The predicted molar refractivity (Wildman–Crippen MR) is 87.8 cm³/mol. The Balaban J connectivity index is 1.85. The van der Waals surface area contributed by atoms with Gasteiger partial charge in [0.15, 0.2) is 6.61 Å². The summed E-state index contributed by atoms with van der Waals surface area (Å²) in [5, 5.41) is 11.8. The summed E-state index contributed by atoms with van der Waals surface area (Å²) in [7, 11) is 3.85. The first kappa shape index (κ1) is 16.4. The molecule has 0 aliphatic rings. The summed E-state index contributed by atoms with van der Waals surface area (Å²) in [6.45, 7) is -0.380. The maximum Gasteiger partial charge on any atom is 0.338 e. The first-order chi connectivity index (χ1) is 11.0. The number of phenols is 1. The lowest BCUT2D eigenvalue weighted by molar-refractivity contribution is -0.119. The van der Waals surface area contributed by atoms with Crippen LogP contribution in [0, 0.1) is 0 Å². The molecular weight excluding hydrogens is 296 g/mol. The van der Waals surface area contributed by atoms with Gasteiger partial charge in [-0.25, -0.2) is 4.79 Å². The van der Waals surface area contributed by atoms with E-state index in [0.717, 1.165) is 5.69 Å². The molecule has 0 aliphatic carbocycles. The Kier molecular flexibility index (Phi) is 5.19. The molecule has 1 amide bonds. The fraction of sp³-hybridized carbons (Fsp3) is 0.176. The largest absolute Gasteiger partial charge is 0.508 e. The summed E-state index contributed by atoms with van der Waals surface area (Å²) >= 11 is 0. The summed E-state index contributed by atoms with van der Waals surface area (Å²) < 4.78 is 4.92. The molecule has 2 aromatic carbocycles. The van der Waals surface area contributed by atoms with Gasteiger partial charge in [-0.2, -0.15) is 0 Å². The van der Waals surface area contributed by atoms with Crippen molar-refractivity contribution in [3.63, 3.8) is 0 Å². The predicted octanol–water partition coefficient (Wildman–Crippen LogP) is 2.25. The zero-order chi connectivity index (χ0) is 16.8. The van der Waals surface area contributed by atoms with Crippen LogP contribution in [-0.4, -0.2) is 37.7 Å². The normalized spacial score (nSPS) is 10.0. The van der Waals surface area contributed by atoms with Crippen LogP contribution in [0.5, 0.6) is 5.75 Å². The number of amides is 1. The molecule has 0 heterocycles. The Morgan fingerprint density at radius 3 is 2.22 bits per heavy atom. The summed E-state index contributed by atoms with van der Waals surface area (Å²) in [6.07, 6.45) is 0. The van der Waals surface area contributed by atoms with Gasteiger partial charge in [-0.1, -0.05) is 0 Å². The molecule has 0 radical (unpaired) electrons. The number of ether oxygens (including phenoxy) is 1. The molecule has 120 valence electrons. The minimum absolute atomic E-state index is 0.0560. The third kappa shape index (κ3) is 4.74. The SMILES string of the molecule is CN(C)c1ccc(NC(=O)COC(=O)c2ccc(O)cc2)cc1. The molecule has 6 nitrogen and oxygen atoms in total. The van der Waals surface area contributed by atoms with Crippen molar-refractivity contribution in [1.82, 2.24) is 0 Å². The number of anilines is 2. The number of benzene rings is 2. The molecule has 0 spiro atoms. The zero-order valence-electron chi connectivity index (χ0n) is 12.9. The van der Waals surface area contributed by atoms with Crippen LogP contribution in [0.1, 0.15) is 10.4 Å².